The summed E-state index contributed by atoms with van der Waals surface area (Å²) in [6.07, 6.45) is 1.03. The highest BCUT2D eigenvalue weighted by atomic mass is 32.2. The number of nitrogens with zero attached hydrogens (tertiary/aromatic N) is 3. The van der Waals surface area contributed by atoms with Gasteiger partial charge in [0.15, 0.2) is 0 Å². The summed E-state index contributed by atoms with van der Waals surface area (Å²) in [4.78, 5) is 30.3. The Hall–Kier alpha value is -2.75. The van der Waals surface area contributed by atoms with E-state index < -0.39 is 10.0 Å². The lowest BCUT2D eigenvalue weighted by Crippen LogP contribution is -2.53. The van der Waals surface area contributed by atoms with Crippen LogP contribution in [-0.4, -0.2) is 73.6 Å². The average Bonchev–Trinajstić information content (AvgIpc) is 3.43. The quantitative estimate of drug-likeness (QED) is 0.554. The Balaban J connectivity index is 1.17. The van der Waals surface area contributed by atoms with Crippen LogP contribution in [0.3, 0.4) is 0 Å². The van der Waals surface area contributed by atoms with Crippen molar-refractivity contribution >= 4 is 43.9 Å². The van der Waals surface area contributed by atoms with Gasteiger partial charge in [-0.05, 0) is 47.2 Å². The summed E-state index contributed by atoms with van der Waals surface area (Å²) < 4.78 is 27.9. The molecule has 0 bridgehead atoms. The number of rotatable bonds is 4. The zero-order valence-corrected chi connectivity index (χ0v) is 20.4. The van der Waals surface area contributed by atoms with Crippen LogP contribution in [0, 0.1) is 5.92 Å². The number of carbonyl (C=O) groups is 2. The van der Waals surface area contributed by atoms with E-state index in [2.05, 4.69) is 0 Å². The van der Waals surface area contributed by atoms with Gasteiger partial charge in [0.05, 0.1) is 9.77 Å². The van der Waals surface area contributed by atoms with Crippen molar-refractivity contribution in [1.82, 2.24) is 14.1 Å². The van der Waals surface area contributed by atoms with E-state index in [9.17, 15) is 18.0 Å². The molecule has 0 saturated carbocycles. The van der Waals surface area contributed by atoms with E-state index in [0.717, 1.165) is 15.6 Å². The van der Waals surface area contributed by atoms with Crippen LogP contribution in [0.4, 0.5) is 0 Å². The number of benzene rings is 2. The molecule has 178 valence electrons. The molecule has 2 aliphatic rings. The monoisotopic (exact) mass is 497 g/mol. The molecule has 2 aromatic carbocycles. The van der Waals surface area contributed by atoms with Gasteiger partial charge in [-0.15, -0.1) is 11.3 Å². The Kier molecular flexibility index (Phi) is 6.42. The molecule has 0 N–H and O–H groups in total. The first kappa shape index (κ1) is 23.0. The minimum atomic E-state index is -3.60. The molecule has 2 saturated heterocycles. The van der Waals surface area contributed by atoms with E-state index in [4.69, 9.17) is 0 Å². The van der Waals surface area contributed by atoms with E-state index >= 15 is 0 Å². The third-order valence-electron chi connectivity index (χ3n) is 6.77. The standard InChI is InChI=1S/C25H27N3O4S2/c29-24(26-13-15-27(16-14-26)25(30)23-6-3-17-33-23)20-9-11-28(12-10-20)34(31,32)22-8-7-19-4-1-2-5-21(19)18-22/h1-8,17-18,20H,9-16H2. The van der Waals surface area contributed by atoms with Crippen molar-refractivity contribution in [2.75, 3.05) is 39.3 Å². The van der Waals surface area contributed by atoms with Gasteiger partial charge in [-0.25, -0.2) is 8.42 Å². The van der Waals surface area contributed by atoms with Crippen LogP contribution in [0.25, 0.3) is 10.8 Å². The van der Waals surface area contributed by atoms with E-state index in [1.807, 2.05) is 52.7 Å². The highest BCUT2D eigenvalue weighted by Gasteiger charge is 2.35. The van der Waals surface area contributed by atoms with Crippen molar-refractivity contribution in [3.8, 4) is 0 Å². The van der Waals surface area contributed by atoms with Crippen molar-refractivity contribution in [3.05, 3.63) is 64.9 Å². The highest BCUT2D eigenvalue weighted by Crippen LogP contribution is 2.27. The van der Waals surface area contributed by atoms with Crippen LogP contribution < -0.4 is 0 Å². The van der Waals surface area contributed by atoms with Crippen LogP contribution >= 0.6 is 11.3 Å². The second-order valence-corrected chi connectivity index (χ2v) is 11.7. The number of fused-ring (bicyclic) bond motifs is 1. The maximum atomic E-state index is 13.2. The summed E-state index contributed by atoms with van der Waals surface area (Å²) >= 11 is 1.43. The van der Waals surface area contributed by atoms with E-state index in [0.29, 0.717) is 57.0 Å². The molecule has 0 atom stereocenters. The molecule has 0 unspecified atom stereocenters. The second kappa shape index (κ2) is 9.48. The first-order valence-electron chi connectivity index (χ1n) is 11.5. The SMILES string of the molecule is O=C(c1cccs1)N1CCN(C(=O)C2CCN(S(=O)(=O)c3ccc4ccccc4c3)CC2)CC1. The zero-order valence-electron chi connectivity index (χ0n) is 18.8. The summed E-state index contributed by atoms with van der Waals surface area (Å²) in [6.45, 7) is 2.76. The molecule has 1 aromatic heterocycles. The molecule has 7 nitrogen and oxygen atoms in total. The molecule has 34 heavy (non-hydrogen) atoms. The minimum Gasteiger partial charge on any atom is -0.339 e. The molecule has 9 heteroatoms. The van der Waals surface area contributed by atoms with Gasteiger partial charge in [0.2, 0.25) is 15.9 Å². The average molecular weight is 498 g/mol. The Morgan fingerprint density at radius 3 is 2.15 bits per heavy atom. The number of thiophene rings is 1. The summed E-state index contributed by atoms with van der Waals surface area (Å²) in [5.74, 6) is -0.0807. The number of sulfonamides is 1. The number of piperidine rings is 1. The number of carbonyl (C=O) groups excluding carboxylic acids is 2. The Labute approximate surface area is 203 Å². The lowest BCUT2D eigenvalue weighted by Gasteiger charge is -2.38. The van der Waals surface area contributed by atoms with Gasteiger partial charge in [0, 0.05) is 45.2 Å². The molecular formula is C25H27N3O4S2. The fraction of sp³-hybridized carbons (Fsp3) is 0.360. The molecule has 2 amide bonds. The summed E-state index contributed by atoms with van der Waals surface area (Å²) in [6, 6.07) is 16.6. The summed E-state index contributed by atoms with van der Waals surface area (Å²) in [7, 11) is -3.60. The van der Waals surface area contributed by atoms with Crippen molar-refractivity contribution < 1.29 is 18.0 Å². The normalized spacial score (nSPS) is 18.4. The van der Waals surface area contributed by atoms with Crippen LogP contribution in [-0.2, 0) is 14.8 Å². The molecule has 5 rings (SSSR count). The van der Waals surface area contributed by atoms with Gasteiger partial charge >= 0.3 is 0 Å². The second-order valence-electron chi connectivity index (χ2n) is 8.78. The Morgan fingerprint density at radius 1 is 0.794 bits per heavy atom. The van der Waals surface area contributed by atoms with Gasteiger partial charge < -0.3 is 9.80 Å². The molecule has 0 aliphatic carbocycles. The third-order valence-corrected chi connectivity index (χ3v) is 9.52. The topological polar surface area (TPSA) is 78.0 Å². The largest absolute Gasteiger partial charge is 0.339 e. The number of hydrogen-bond acceptors (Lipinski definition) is 5. The van der Waals surface area contributed by atoms with Gasteiger partial charge in [0.1, 0.15) is 0 Å². The molecule has 0 spiro atoms. The number of piperazine rings is 1. The van der Waals surface area contributed by atoms with Crippen LogP contribution in [0.5, 0.6) is 0 Å². The van der Waals surface area contributed by atoms with E-state index in [1.165, 1.54) is 15.6 Å². The number of hydrogen-bond donors (Lipinski definition) is 0. The van der Waals surface area contributed by atoms with Gasteiger partial charge in [-0.1, -0.05) is 36.4 Å². The number of amides is 2. The summed E-state index contributed by atoms with van der Waals surface area (Å²) in [5, 5.41) is 3.79. The molecule has 3 aromatic rings. The van der Waals surface area contributed by atoms with Crippen molar-refractivity contribution in [1.29, 1.82) is 0 Å². The summed E-state index contributed by atoms with van der Waals surface area (Å²) in [5.41, 5.74) is 0. The predicted molar refractivity (Wildman–Crippen MR) is 132 cm³/mol. The fourth-order valence-electron chi connectivity index (χ4n) is 4.76. The molecule has 3 heterocycles. The Morgan fingerprint density at radius 2 is 1.47 bits per heavy atom. The van der Waals surface area contributed by atoms with Crippen molar-refractivity contribution in [2.24, 2.45) is 5.92 Å². The van der Waals surface area contributed by atoms with Crippen molar-refractivity contribution in [2.45, 2.75) is 17.7 Å². The lowest BCUT2D eigenvalue weighted by molar-refractivity contribution is -0.138. The molecule has 2 aliphatic heterocycles. The Bertz CT molecular complexity index is 1290. The van der Waals surface area contributed by atoms with Crippen LogP contribution in [0.15, 0.2) is 64.9 Å². The van der Waals surface area contributed by atoms with Gasteiger partial charge in [0.25, 0.3) is 5.91 Å². The maximum absolute atomic E-state index is 13.2. The third kappa shape index (κ3) is 4.47. The molecular weight excluding hydrogens is 470 g/mol. The highest BCUT2D eigenvalue weighted by molar-refractivity contribution is 7.89. The minimum absolute atomic E-state index is 0.0225. The molecule has 2 fully saturated rings. The van der Waals surface area contributed by atoms with E-state index in [-0.39, 0.29) is 17.7 Å². The predicted octanol–water partition coefficient (Wildman–Crippen LogP) is 3.29. The van der Waals surface area contributed by atoms with Gasteiger partial charge in [-0.3, -0.25) is 9.59 Å². The smallest absolute Gasteiger partial charge is 0.264 e. The first-order valence-corrected chi connectivity index (χ1v) is 13.9. The maximum Gasteiger partial charge on any atom is 0.264 e. The van der Waals surface area contributed by atoms with Crippen molar-refractivity contribution in [3.63, 3.8) is 0 Å². The lowest BCUT2D eigenvalue weighted by atomic mass is 9.96. The van der Waals surface area contributed by atoms with E-state index in [1.54, 1.807) is 17.0 Å². The molecule has 0 radical (unpaired) electrons. The van der Waals surface area contributed by atoms with Crippen LogP contribution in [0.1, 0.15) is 22.5 Å². The van der Waals surface area contributed by atoms with Gasteiger partial charge in [-0.2, -0.15) is 4.31 Å². The zero-order chi connectivity index (χ0) is 23.7. The first-order chi connectivity index (χ1) is 16.4. The fourth-order valence-corrected chi connectivity index (χ4v) is 6.96. The van der Waals surface area contributed by atoms with Crippen LogP contribution in [0.2, 0.25) is 0 Å².